The molecule has 1 unspecified atom stereocenters. The van der Waals surface area contributed by atoms with E-state index in [0.717, 1.165) is 41.5 Å². The van der Waals surface area contributed by atoms with E-state index in [1.165, 1.54) is 32.1 Å². The van der Waals surface area contributed by atoms with E-state index in [2.05, 4.69) is 51.4 Å². The van der Waals surface area contributed by atoms with Crippen LogP contribution in [0, 0.1) is 57.7 Å². The molecule has 16 heteroatoms. The summed E-state index contributed by atoms with van der Waals surface area (Å²) in [6.07, 6.45) is 7.22. The number of allylic oxidation sites excluding steroid dienone is 2. The normalized spacial score (nSPS) is 26.9. The van der Waals surface area contributed by atoms with Crippen molar-refractivity contribution in [3.05, 3.63) is 107 Å². The highest BCUT2D eigenvalue weighted by Crippen LogP contribution is 2.67. The minimum absolute atomic E-state index is 0.00460. The number of rotatable bonds is 24. The number of hydroxylamine groups is 1. The standard InChI is InChI=1S/C66H91F3N4O8P/c1-44(2)17-15-18-47(7)58-31-32-59-57-30-25-51-39-52(33-35-63(51,8)60(57)34-36-64(58,59)9)72(62(75)66(67,68)69)79-43-61(74)71-41-56(81-82(80-38-16-37-70)73(45(3)4)46(5)6)40-53(71)42-78-65(48-19-13-12-14-20-48,49-21-26-54(76-10)27-22-49)50-23-28-55(77-11)29-24-50/h12-14,19-29,44-47,53,56-60H,15-18,30-36,38-43H2,1-11H3/q+1/t47-,53+,56-,57+,58-,59+,60+,63+,64-,82?/m1/s1. The van der Waals surface area contributed by atoms with Crippen LogP contribution in [0.1, 0.15) is 162 Å². The predicted molar refractivity (Wildman–Crippen MR) is 314 cm³/mol. The van der Waals surface area contributed by atoms with Crippen molar-refractivity contribution in [3.8, 4) is 17.6 Å². The molecular weight excluding hydrogens is 1060 g/mol. The van der Waals surface area contributed by atoms with Crippen molar-refractivity contribution in [1.29, 1.82) is 5.26 Å². The van der Waals surface area contributed by atoms with Gasteiger partial charge in [0.05, 0.1) is 63.2 Å². The molecule has 1 saturated heterocycles. The van der Waals surface area contributed by atoms with Crippen LogP contribution in [-0.2, 0) is 33.8 Å². The molecule has 4 fully saturated rings. The number of hydrogen-bond acceptors (Lipinski definition) is 10. The number of nitrogens with zero attached hydrogens (tertiary/aromatic N) is 4. The van der Waals surface area contributed by atoms with Crippen LogP contribution in [0.15, 0.2) is 90.5 Å². The number of alkyl halides is 3. The van der Waals surface area contributed by atoms with Gasteiger partial charge >= 0.3 is 12.1 Å². The molecule has 0 N–H and O–H groups in total. The number of benzene rings is 3. The number of fused-ring (bicyclic) bond motifs is 5. The zero-order chi connectivity index (χ0) is 59.1. The third kappa shape index (κ3) is 13.5. The molecule has 448 valence electrons. The Bertz CT molecular complexity index is 2680. The van der Waals surface area contributed by atoms with Gasteiger partial charge in [0.15, 0.2) is 0 Å². The van der Waals surface area contributed by atoms with Crippen LogP contribution in [0.5, 0.6) is 11.5 Å². The van der Waals surface area contributed by atoms with Crippen LogP contribution in [-0.4, -0.2) is 103 Å². The minimum atomic E-state index is -5.27. The van der Waals surface area contributed by atoms with Crippen LogP contribution in [0.4, 0.5) is 13.2 Å². The maximum Gasteiger partial charge on any atom is 0.539 e. The molecule has 12 nitrogen and oxygen atoms in total. The second kappa shape index (κ2) is 27.0. The van der Waals surface area contributed by atoms with Crippen molar-refractivity contribution < 1.29 is 55.6 Å². The Morgan fingerprint density at radius 1 is 0.841 bits per heavy atom. The lowest BCUT2D eigenvalue weighted by molar-refractivity contribution is -0.725. The van der Waals surface area contributed by atoms with Gasteiger partial charge in [-0.3, -0.25) is 9.63 Å². The van der Waals surface area contributed by atoms with E-state index < -0.39 is 50.9 Å². The molecule has 0 bridgehead atoms. The van der Waals surface area contributed by atoms with Gasteiger partial charge in [-0.25, -0.2) is 9.46 Å². The van der Waals surface area contributed by atoms with Crippen molar-refractivity contribution in [1.82, 2.24) is 9.57 Å². The molecule has 3 aromatic carbocycles. The quantitative estimate of drug-likeness (QED) is 0.0214. The summed E-state index contributed by atoms with van der Waals surface area (Å²) in [5, 5.41) is 9.47. The lowest BCUT2D eigenvalue weighted by atomic mass is 9.47. The van der Waals surface area contributed by atoms with E-state index >= 15 is 4.79 Å². The summed E-state index contributed by atoms with van der Waals surface area (Å²) >= 11 is 0. The maximum atomic E-state index is 15.0. The highest BCUT2D eigenvalue weighted by molar-refractivity contribution is 7.44. The smallest absolute Gasteiger partial charge is 0.497 e. The predicted octanol–water partition coefficient (Wildman–Crippen LogP) is 14.8. The van der Waals surface area contributed by atoms with Gasteiger partial charge in [0.2, 0.25) is 12.3 Å². The zero-order valence-corrected chi connectivity index (χ0v) is 51.4. The molecule has 3 aromatic rings. The van der Waals surface area contributed by atoms with Gasteiger partial charge in [-0.15, -0.1) is 0 Å². The number of carbonyl (C=O) groups excluding carboxylic acids is 2. The van der Waals surface area contributed by atoms with Crippen LogP contribution < -0.4 is 9.47 Å². The van der Waals surface area contributed by atoms with Crippen molar-refractivity contribution in [2.75, 3.05) is 40.6 Å². The number of halogens is 3. The topological polar surface area (TPSA) is 123 Å². The SMILES string of the molecule is COc1ccc(C(OC[C@@H]2C[C@@H](OP(OCCC#N)N(C(C)C)C(C)C)CN2C(=O)CO[N+](C(=O)C(F)(F)F)=C2CC[C@@]3(C)C(=CC[C@H]4[C@@H]5CC[C@H]([C@H](C)CCCC(C)C)[C@@]5(C)CC[C@@H]43)C2)(c2ccccc2)c2ccc(OC)cc2)cc1. The van der Waals surface area contributed by atoms with Gasteiger partial charge in [0.25, 0.3) is 14.4 Å². The molecular formula is C66H91F3N4O8P+. The lowest BCUT2D eigenvalue weighted by Crippen LogP contribution is -2.51. The highest BCUT2D eigenvalue weighted by atomic mass is 31.2. The van der Waals surface area contributed by atoms with Crippen LogP contribution in [0.2, 0.25) is 0 Å². The summed E-state index contributed by atoms with van der Waals surface area (Å²) in [4.78, 5) is 36.2. The molecule has 10 atom stereocenters. The van der Waals surface area contributed by atoms with E-state index in [-0.39, 0.29) is 74.1 Å². The zero-order valence-electron chi connectivity index (χ0n) is 50.5. The number of carbonyl (C=O) groups is 2. The summed E-state index contributed by atoms with van der Waals surface area (Å²) < 4.78 is 78.7. The van der Waals surface area contributed by atoms with E-state index in [4.69, 9.17) is 28.1 Å². The third-order valence-electron chi connectivity index (χ3n) is 19.4. The van der Waals surface area contributed by atoms with Gasteiger partial charge in [-0.1, -0.05) is 120 Å². The number of likely N-dealkylation sites (tertiary alicyclic amines) is 1. The van der Waals surface area contributed by atoms with Gasteiger partial charge in [-0.2, -0.15) is 18.4 Å². The minimum Gasteiger partial charge on any atom is -0.497 e. The number of amides is 2. The molecule has 2 amide bonds. The Hall–Kier alpha value is -4.84. The van der Waals surface area contributed by atoms with Crippen LogP contribution in [0.25, 0.3) is 0 Å². The Morgan fingerprint density at radius 2 is 1.48 bits per heavy atom. The fourth-order valence-electron chi connectivity index (χ4n) is 15.4. The van der Waals surface area contributed by atoms with Crippen molar-refractivity contribution in [3.63, 3.8) is 0 Å². The Kier molecular flexibility index (Phi) is 20.8. The van der Waals surface area contributed by atoms with E-state index in [0.29, 0.717) is 58.2 Å². The summed E-state index contributed by atoms with van der Waals surface area (Å²) in [7, 11) is 1.45. The number of ether oxygens (including phenoxy) is 3. The monoisotopic (exact) mass is 1160 g/mol. The fourth-order valence-corrected chi connectivity index (χ4v) is 17.1. The number of hydrogen-bond donors (Lipinski definition) is 0. The lowest BCUT2D eigenvalue weighted by Gasteiger charge is -2.57. The van der Waals surface area contributed by atoms with Crippen molar-refractivity contribution in [2.24, 2.45) is 46.3 Å². The molecule has 5 aliphatic rings. The molecule has 8 rings (SSSR count). The molecule has 0 radical (unpaired) electrons. The summed E-state index contributed by atoms with van der Waals surface area (Å²) in [6, 6.07) is 26.4. The highest BCUT2D eigenvalue weighted by Gasteiger charge is 2.60. The Balaban J connectivity index is 1.09. The first kappa shape index (κ1) is 63.2. The molecule has 1 aliphatic heterocycles. The summed E-state index contributed by atoms with van der Waals surface area (Å²) in [5.74, 6) is 2.12. The first-order valence-electron chi connectivity index (χ1n) is 30.2. The molecule has 1 heterocycles. The van der Waals surface area contributed by atoms with E-state index in [1.807, 2.05) is 107 Å². The summed E-state index contributed by atoms with van der Waals surface area (Å²) in [5.41, 5.74) is 2.42. The van der Waals surface area contributed by atoms with Gasteiger partial charge in [0.1, 0.15) is 17.1 Å². The summed E-state index contributed by atoms with van der Waals surface area (Å²) in [6.45, 7) is 19.4. The first-order chi connectivity index (χ1) is 39.1. The molecule has 4 aliphatic carbocycles. The van der Waals surface area contributed by atoms with Crippen molar-refractivity contribution >= 4 is 26.1 Å². The number of methoxy groups -OCH3 is 2. The van der Waals surface area contributed by atoms with E-state index in [9.17, 15) is 23.2 Å². The van der Waals surface area contributed by atoms with Crippen molar-refractivity contribution in [2.45, 2.75) is 182 Å². The average molecular weight is 1160 g/mol. The second-order valence-corrected chi connectivity index (χ2v) is 26.8. The van der Waals surface area contributed by atoms with Gasteiger partial charge in [0, 0.05) is 25.0 Å². The molecule has 82 heavy (non-hydrogen) atoms. The largest absolute Gasteiger partial charge is 0.539 e. The first-order valence-corrected chi connectivity index (χ1v) is 31.3. The van der Waals surface area contributed by atoms with Gasteiger partial charge < -0.3 is 28.2 Å². The van der Waals surface area contributed by atoms with Gasteiger partial charge in [-0.05, 0) is 160 Å². The molecule has 0 spiro atoms. The van der Waals surface area contributed by atoms with Crippen LogP contribution in [0.3, 0.4) is 0 Å². The number of nitriles is 1. The fraction of sp³-hybridized carbons (Fsp3) is 0.636. The maximum absolute atomic E-state index is 15.0. The average Bonchev–Trinajstić information content (AvgIpc) is 4.15. The third-order valence-corrected chi connectivity index (χ3v) is 21.6. The molecule has 0 aromatic heterocycles. The Morgan fingerprint density at radius 3 is 2.06 bits per heavy atom. The Labute approximate surface area is 488 Å². The van der Waals surface area contributed by atoms with E-state index in [1.54, 1.807) is 19.1 Å². The van der Waals surface area contributed by atoms with Crippen LogP contribution >= 0.6 is 8.53 Å². The molecule has 3 saturated carbocycles. The second-order valence-electron chi connectivity index (χ2n) is 25.4.